The van der Waals surface area contributed by atoms with Gasteiger partial charge in [0.2, 0.25) is 0 Å². The van der Waals surface area contributed by atoms with Crippen molar-refractivity contribution in [1.82, 2.24) is 9.80 Å². The number of nitrogens with zero attached hydrogens (tertiary/aromatic N) is 2. The minimum atomic E-state index is -0.236. The van der Waals surface area contributed by atoms with Crippen molar-refractivity contribution in [3.05, 3.63) is 0 Å². The maximum atomic E-state index is 13.0. The van der Waals surface area contributed by atoms with Crippen molar-refractivity contribution >= 4 is 40.2 Å². The first kappa shape index (κ1) is 27.7. The molecule has 2 aliphatic carbocycles. The Balaban J connectivity index is 1.22. The molecule has 0 N–H and O–H groups in total. The number of ether oxygens (including phenoxy) is 2. The van der Waals surface area contributed by atoms with E-state index in [-0.39, 0.29) is 34.6 Å². The van der Waals surface area contributed by atoms with Crippen molar-refractivity contribution in [3.8, 4) is 0 Å². The zero-order chi connectivity index (χ0) is 26.4. The van der Waals surface area contributed by atoms with E-state index in [1.165, 1.54) is 70.5 Å². The van der Waals surface area contributed by atoms with Crippen molar-refractivity contribution in [3.63, 3.8) is 0 Å². The van der Waals surface area contributed by atoms with Gasteiger partial charge in [-0.2, -0.15) is 0 Å². The maximum Gasteiger partial charge on any atom is 0.316 e. The van der Waals surface area contributed by atoms with E-state index in [1.807, 2.05) is 0 Å². The van der Waals surface area contributed by atoms with Gasteiger partial charge in [-0.25, -0.2) is 0 Å². The molecule has 5 fully saturated rings. The highest BCUT2D eigenvalue weighted by atomic mass is 32.2. The van der Waals surface area contributed by atoms with Crippen LogP contribution in [-0.4, -0.2) is 76.7 Å². The number of thioether (sulfide) groups is 1. The number of hydrogen-bond acceptors (Lipinski definition) is 7. The Morgan fingerprint density at radius 2 is 1.84 bits per heavy atom. The fourth-order valence-electron chi connectivity index (χ4n) is 8.82. The van der Waals surface area contributed by atoms with E-state index in [4.69, 9.17) is 21.7 Å². The second-order valence-electron chi connectivity index (χ2n) is 13.1. The topological polar surface area (TPSA) is 59.1 Å². The lowest BCUT2D eigenvalue weighted by molar-refractivity contribution is -0.157. The summed E-state index contributed by atoms with van der Waals surface area (Å²) in [6.07, 6.45) is 10.8. The molecule has 0 aromatic carbocycles. The van der Waals surface area contributed by atoms with Gasteiger partial charge in [0.1, 0.15) is 10.4 Å². The van der Waals surface area contributed by atoms with Gasteiger partial charge in [-0.3, -0.25) is 14.5 Å². The van der Waals surface area contributed by atoms with Crippen molar-refractivity contribution < 1.29 is 19.1 Å². The molecular formula is C29H46N2O4S2. The minimum Gasteiger partial charge on any atom is -0.468 e. The molecule has 8 heteroatoms. The number of carbonyl (C=O) groups is 2. The molecule has 2 saturated carbocycles. The molecule has 0 spiro atoms. The van der Waals surface area contributed by atoms with Gasteiger partial charge in [0.15, 0.2) is 0 Å². The zero-order valence-electron chi connectivity index (χ0n) is 23.2. The van der Waals surface area contributed by atoms with Gasteiger partial charge < -0.3 is 14.4 Å². The summed E-state index contributed by atoms with van der Waals surface area (Å²) in [5.41, 5.74) is 0.361. The van der Waals surface area contributed by atoms with Crippen molar-refractivity contribution in [2.75, 3.05) is 32.5 Å². The van der Waals surface area contributed by atoms with Gasteiger partial charge in [0.05, 0.1) is 12.9 Å². The van der Waals surface area contributed by atoms with E-state index < -0.39 is 0 Å². The van der Waals surface area contributed by atoms with E-state index in [0.717, 1.165) is 30.1 Å². The molecule has 2 bridgehead atoms. The number of thiocarbonyl (C=S) groups is 1. The number of rotatable bonds is 7. The highest BCUT2D eigenvalue weighted by Gasteiger charge is 2.62. The van der Waals surface area contributed by atoms with Crippen LogP contribution in [-0.2, 0) is 19.1 Å². The number of carbonyl (C=O) groups excluding carboxylic acids is 2. The quantitative estimate of drug-likeness (QED) is 0.313. The van der Waals surface area contributed by atoms with Crippen LogP contribution in [0.5, 0.6) is 0 Å². The van der Waals surface area contributed by atoms with Gasteiger partial charge >= 0.3 is 11.9 Å². The molecule has 0 aromatic rings. The Kier molecular flexibility index (Phi) is 8.20. The molecule has 7 atom stereocenters. The van der Waals surface area contributed by atoms with E-state index in [1.54, 1.807) is 0 Å². The smallest absolute Gasteiger partial charge is 0.316 e. The third kappa shape index (κ3) is 5.08. The lowest BCUT2D eigenvalue weighted by atomic mass is 9.69. The molecule has 0 amide bonds. The largest absolute Gasteiger partial charge is 0.468 e. The summed E-state index contributed by atoms with van der Waals surface area (Å²) in [6, 6.07) is 0.965. The summed E-state index contributed by atoms with van der Waals surface area (Å²) < 4.78 is 11.8. The molecule has 5 aliphatic rings. The van der Waals surface area contributed by atoms with E-state index in [0.29, 0.717) is 36.3 Å². The van der Waals surface area contributed by atoms with Gasteiger partial charge in [-0.15, -0.1) is 0 Å². The molecule has 37 heavy (non-hydrogen) atoms. The van der Waals surface area contributed by atoms with Gasteiger partial charge in [-0.1, -0.05) is 44.8 Å². The predicted molar refractivity (Wildman–Crippen MR) is 151 cm³/mol. The zero-order valence-corrected chi connectivity index (χ0v) is 24.8. The van der Waals surface area contributed by atoms with Gasteiger partial charge in [-0.05, 0) is 94.0 Å². The third-order valence-electron chi connectivity index (χ3n) is 11.3. The highest BCUT2D eigenvalue weighted by Crippen LogP contribution is 2.66. The van der Waals surface area contributed by atoms with Crippen LogP contribution in [0.25, 0.3) is 0 Å². The maximum absolute atomic E-state index is 13.0. The Hall–Kier alpha value is -0.860. The number of methoxy groups -OCH3 is 1. The summed E-state index contributed by atoms with van der Waals surface area (Å²) in [4.78, 5) is 30.0. The summed E-state index contributed by atoms with van der Waals surface area (Å²) in [6.45, 7) is 10.5. The second-order valence-corrected chi connectivity index (χ2v) is 14.7. The average molecular weight is 551 g/mol. The van der Waals surface area contributed by atoms with Crippen LogP contribution in [0, 0.1) is 28.6 Å². The first-order valence-electron chi connectivity index (χ1n) is 14.6. The monoisotopic (exact) mass is 550 g/mol. The molecule has 3 heterocycles. The number of fused-ring (bicyclic) bond motifs is 2. The molecule has 3 aliphatic heterocycles. The number of esters is 2. The Labute approximate surface area is 232 Å². The van der Waals surface area contributed by atoms with Crippen LogP contribution in [0.15, 0.2) is 0 Å². The van der Waals surface area contributed by atoms with Crippen molar-refractivity contribution in [2.45, 2.75) is 103 Å². The fourth-order valence-corrected chi connectivity index (χ4v) is 9.94. The van der Waals surface area contributed by atoms with Crippen LogP contribution >= 0.6 is 24.0 Å². The number of likely N-dealkylation sites (tertiary alicyclic amines) is 1. The van der Waals surface area contributed by atoms with Crippen LogP contribution in [0.3, 0.4) is 0 Å². The Morgan fingerprint density at radius 3 is 2.51 bits per heavy atom. The van der Waals surface area contributed by atoms with E-state index in [9.17, 15) is 9.59 Å². The molecular weight excluding hydrogens is 504 g/mol. The van der Waals surface area contributed by atoms with Gasteiger partial charge in [0, 0.05) is 30.5 Å². The van der Waals surface area contributed by atoms with Crippen LogP contribution in [0.4, 0.5) is 0 Å². The molecule has 208 valence electrons. The summed E-state index contributed by atoms with van der Waals surface area (Å²) in [5, 5.41) is 0. The average Bonchev–Trinajstić information content (AvgIpc) is 3.22. The molecule has 6 nitrogen and oxygen atoms in total. The molecule has 5 rings (SSSR count). The summed E-state index contributed by atoms with van der Waals surface area (Å²) in [5.74, 6) is 1.88. The first-order chi connectivity index (χ1) is 17.7. The standard InChI is InChI=1S/C29H46N2O4S2/c1-28(2)20-12-13-29(28,3)23(16-20)35-24(32)11-5-10-22-21-9-7-15-30-14-6-8-19(26(21)30)17-31(22)27(36)37-18-25(33)34-4/h19-23,26H,5-18H2,1-4H3/t19-,20+,21+,22+,23+,26-,29-/m0/s1. The van der Waals surface area contributed by atoms with Crippen molar-refractivity contribution in [1.29, 1.82) is 0 Å². The summed E-state index contributed by atoms with van der Waals surface area (Å²) >= 11 is 7.33. The lowest BCUT2D eigenvalue weighted by Crippen LogP contribution is -2.65. The van der Waals surface area contributed by atoms with Crippen LogP contribution in [0.2, 0.25) is 0 Å². The number of piperidine rings is 3. The molecule has 0 aromatic heterocycles. The third-order valence-corrected chi connectivity index (χ3v) is 12.8. The van der Waals surface area contributed by atoms with E-state index in [2.05, 4.69) is 30.6 Å². The van der Waals surface area contributed by atoms with Crippen LogP contribution in [0.1, 0.15) is 85.0 Å². The summed E-state index contributed by atoms with van der Waals surface area (Å²) in [7, 11) is 1.43. The predicted octanol–water partition coefficient (Wildman–Crippen LogP) is 5.28. The van der Waals surface area contributed by atoms with Gasteiger partial charge in [0.25, 0.3) is 0 Å². The Morgan fingerprint density at radius 1 is 1.08 bits per heavy atom. The van der Waals surface area contributed by atoms with Crippen molar-refractivity contribution in [2.24, 2.45) is 28.6 Å². The SMILES string of the molecule is COC(=O)CSC(=S)N1C[C@@H]2CCCN3CCC[C@@H]([C@H]23)[C@H]1CCCC(=O)O[C@@H]1C[C@H]2CC[C@]1(C)C2(C)C. The molecule has 3 saturated heterocycles. The van der Waals surface area contributed by atoms with E-state index >= 15 is 0 Å². The Bertz CT molecular complexity index is 895. The molecule has 0 unspecified atom stereocenters. The second kappa shape index (κ2) is 11.0. The lowest BCUT2D eigenvalue weighted by Gasteiger charge is -2.58. The minimum absolute atomic E-state index is 0.0274. The normalized spacial score (nSPS) is 38.2. The van der Waals surface area contributed by atoms with Crippen LogP contribution < -0.4 is 0 Å². The molecule has 0 radical (unpaired) electrons. The first-order valence-corrected chi connectivity index (χ1v) is 16.0. The number of hydrogen-bond donors (Lipinski definition) is 0. The highest BCUT2D eigenvalue weighted by molar-refractivity contribution is 8.23. The fraction of sp³-hybridized carbons (Fsp3) is 0.897.